The topological polar surface area (TPSA) is 84.5 Å². The summed E-state index contributed by atoms with van der Waals surface area (Å²) in [6.45, 7) is 5.43. The Balaban J connectivity index is 1.85. The number of aryl methyl sites for hydroxylation is 2. The number of rotatable bonds is 6. The molecule has 0 unspecified atom stereocenters. The molecule has 2 rings (SSSR count). The minimum absolute atomic E-state index is 0.0163. The van der Waals surface area contributed by atoms with Gasteiger partial charge in [0.05, 0.1) is 4.90 Å². The van der Waals surface area contributed by atoms with Crippen LogP contribution in [0.5, 0.6) is 0 Å². The second-order valence-electron chi connectivity index (χ2n) is 5.87. The Kier molecular flexibility index (Phi) is 6.17. The highest BCUT2D eigenvalue weighted by Crippen LogP contribution is 2.11. The number of nitrogens with one attached hydrogen (secondary N) is 2. The van der Waals surface area contributed by atoms with Gasteiger partial charge < -0.3 is 4.74 Å². The maximum atomic E-state index is 12.2. The molecule has 0 aliphatic rings. The average molecular weight is 362 g/mol. The van der Waals surface area contributed by atoms with Crippen molar-refractivity contribution in [1.29, 1.82) is 0 Å². The Morgan fingerprint density at radius 1 is 1.00 bits per heavy atom. The van der Waals surface area contributed by atoms with Crippen LogP contribution in [-0.2, 0) is 14.8 Å². The molecule has 134 valence electrons. The van der Waals surface area contributed by atoms with Crippen LogP contribution in [0.1, 0.15) is 18.1 Å². The lowest BCUT2D eigenvalue weighted by atomic mass is 10.2. The van der Waals surface area contributed by atoms with Crippen molar-refractivity contribution in [3.8, 4) is 0 Å². The number of carbonyl (C=O) groups is 1. The summed E-state index contributed by atoms with van der Waals surface area (Å²) in [6.07, 6.45) is -1.25. The van der Waals surface area contributed by atoms with Crippen LogP contribution < -0.4 is 10.0 Å². The van der Waals surface area contributed by atoms with Crippen molar-refractivity contribution in [2.75, 3.05) is 11.9 Å². The summed E-state index contributed by atoms with van der Waals surface area (Å²) in [5, 5.41) is 2.60. The van der Waals surface area contributed by atoms with Gasteiger partial charge in [-0.25, -0.2) is 17.9 Å². The maximum absolute atomic E-state index is 12.2. The third-order valence-corrected chi connectivity index (χ3v) is 4.94. The summed E-state index contributed by atoms with van der Waals surface area (Å²) < 4.78 is 32.0. The molecule has 1 amide bonds. The largest absolute Gasteiger partial charge is 0.445 e. The van der Waals surface area contributed by atoms with Gasteiger partial charge in [-0.05, 0) is 45.0 Å². The van der Waals surface area contributed by atoms with Crippen LogP contribution in [0.3, 0.4) is 0 Å². The smallest absolute Gasteiger partial charge is 0.411 e. The number of ether oxygens (including phenoxy) is 1. The molecule has 0 aromatic heterocycles. The molecular weight excluding hydrogens is 340 g/mol. The van der Waals surface area contributed by atoms with Crippen LogP contribution in [0, 0.1) is 13.8 Å². The van der Waals surface area contributed by atoms with Crippen LogP contribution in [0.2, 0.25) is 0 Å². The Hall–Kier alpha value is -2.38. The van der Waals surface area contributed by atoms with E-state index < -0.39 is 22.2 Å². The Morgan fingerprint density at radius 3 is 2.08 bits per heavy atom. The predicted octanol–water partition coefficient (Wildman–Crippen LogP) is 3.22. The van der Waals surface area contributed by atoms with Crippen LogP contribution in [0.4, 0.5) is 10.5 Å². The third kappa shape index (κ3) is 5.88. The van der Waals surface area contributed by atoms with Gasteiger partial charge in [0.2, 0.25) is 10.0 Å². The van der Waals surface area contributed by atoms with E-state index in [1.165, 1.54) is 12.1 Å². The van der Waals surface area contributed by atoms with Crippen LogP contribution >= 0.6 is 0 Å². The normalized spacial score (nSPS) is 12.4. The van der Waals surface area contributed by atoms with E-state index in [2.05, 4.69) is 10.0 Å². The first-order valence-corrected chi connectivity index (χ1v) is 9.35. The summed E-state index contributed by atoms with van der Waals surface area (Å²) in [5.41, 5.74) is 2.67. The number of anilines is 1. The molecule has 1 atom stereocenters. The molecule has 2 N–H and O–H groups in total. The lowest BCUT2D eigenvalue weighted by Crippen LogP contribution is -2.34. The van der Waals surface area contributed by atoms with E-state index in [-0.39, 0.29) is 11.4 Å². The molecule has 2 aromatic carbocycles. The molecular formula is C18H22N2O4S. The average Bonchev–Trinajstić information content (AvgIpc) is 2.55. The minimum Gasteiger partial charge on any atom is -0.445 e. The Bertz CT molecular complexity index is 815. The number of hydrogen-bond acceptors (Lipinski definition) is 4. The summed E-state index contributed by atoms with van der Waals surface area (Å²) in [6, 6.07) is 13.8. The molecule has 0 bridgehead atoms. The number of benzene rings is 2. The van der Waals surface area contributed by atoms with E-state index in [4.69, 9.17) is 4.74 Å². The highest BCUT2D eigenvalue weighted by atomic mass is 32.2. The molecule has 25 heavy (non-hydrogen) atoms. The SMILES string of the molecule is Cc1ccc(NC(=O)O[C@H](C)CNS(=O)(=O)c2ccc(C)cc2)cc1. The van der Waals surface area contributed by atoms with Crippen molar-refractivity contribution in [2.24, 2.45) is 0 Å². The van der Waals surface area contributed by atoms with Crippen molar-refractivity contribution >= 4 is 21.8 Å². The molecule has 0 radical (unpaired) electrons. The molecule has 0 saturated heterocycles. The van der Waals surface area contributed by atoms with Crippen LogP contribution in [0.15, 0.2) is 53.4 Å². The van der Waals surface area contributed by atoms with E-state index in [0.29, 0.717) is 5.69 Å². The second kappa shape index (κ2) is 8.13. The van der Waals surface area contributed by atoms with Crippen LogP contribution in [0.25, 0.3) is 0 Å². The van der Waals surface area contributed by atoms with E-state index in [9.17, 15) is 13.2 Å². The van der Waals surface area contributed by atoms with Gasteiger partial charge in [0.25, 0.3) is 0 Å². The fourth-order valence-corrected chi connectivity index (χ4v) is 3.15. The van der Waals surface area contributed by atoms with E-state index in [1.54, 1.807) is 31.2 Å². The van der Waals surface area contributed by atoms with Crippen LogP contribution in [-0.4, -0.2) is 27.2 Å². The second-order valence-corrected chi connectivity index (χ2v) is 7.64. The quantitative estimate of drug-likeness (QED) is 0.826. The lowest BCUT2D eigenvalue weighted by molar-refractivity contribution is 0.122. The monoisotopic (exact) mass is 362 g/mol. The standard InChI is InChI=1S/C18H22N2O4S/c1-13-4-8-16(9-5-13)20-18(21)24-15(3)12-19-25(22,23)17-10-6-14(2)7-11-17/h4-11,15,19H,12H2,1-3H3,(H,20,21)/t15-/m1/s1. The molecule has 0 aliphatic carbocycles. The van der Waals surface area contributed by atoms with Crippen molar-refractivity contribution < 1.29 is 17.9 Å². The lowest BCUT2D eigenvalue weighted by Gasteiger charge is -2.15. The fraction of sp³-hybridized carbons (Fsp3) is 0.278. The van der Waals surface area contributed by atoms with Gasteiger partial charge in [-0.3, -0.25) is 5.32 Å². The van der Waals surface area contributed by atoms with Gasteiger partial charge in [-0.2, -0.15) is 0 Å². The van der Waals surface area contributed by atoms with Gasteiger partial charge in [0.1, 0.15) is 6.10 Å². The van der Waals surface area contributed by atoms with E-state index >= 15 is 0 Å². The molecule has 0 aliphatic heterocycles. The predicted molar refractivity (Wildman–Crippen MR) is 97.1 cm³/mol. The van der Waals surface area contributed by atoms with E-state index in [1.807, 2.05) is 26.0 Å². The van der Waals surface area contributed by atoms with Crippen molar-refractivity contribution in [3.63, 3.8) is 0 Å². The molecule has 2 aromatic rings. The number of amides is 1. The zero-order valence-corrected chi connectivity index (χ0v) is 15.3. The summed E-state index contributed by atoms with van der Waals surface area (Å²) in [5.74, 6) is 0. The number of sulfonamides is 1. The first kappa shape index (κ1) is 19.0. The summed E-state index contributed by atoms with van der Waals surface area (Å²) >= 11 is 0. The molecule has 0 saturated carbocycles. The van der Waals surface area contributed by atoms with E-state index in [0.717, 1.165) is 11.1 Å². The minimum atomic E-state index is -3.63. The van der Waals surface area contributed by atoms with Crippen molar-refractivity contribution in [3.05, 3.63) is 59.7 Å². The summed E-state index contributed by atoms with van der Waals surface area (Å²) in [4.78, 5) is 12.0. The van der Waals surface area contributed by atoms with Crippen molar-refractivity contribution in [1.82, 2.24) is 4.72 Å². The maximum Gasteiger partial charge on any atom is 0.411 e. The molecule has 6 nitrogen and oxygen atoms in total. The first-order valence-electron chi connectivity index (χ1n) is 7.87. The van der Waals surface area contributed by atoms with Gasteiger partial charge in [-0.1, -0.05) is 35.4 Å². The third-order valence-electron chi connectivity index (χ3n) is 3.50. The highest BCUT2D eigenvalue weighted by molar-refractivity contribution is 7.89. The molecule has 0 spiro atoms. The molecule has 0 fully saturated rings. The first-order chi connectivity index (χ1) is 11.8. The number of carbonyl (C=O) groups excluding carboxylic acids is 1. The molecule has 7 heteroatoms. The molecule has 0 heterocycles. The number of hydrogen-bond donors (Lipinski definition) is 2. The van der Waals surface area contributed by atoms with Gasteiger partial charge >= 0.3 is 6.09 Å². The highest BCUT2D eigenvalue weighted by Gasteiger charge is 2.17. The fourth-order valence-electron chi connectivity index (χ4n) is 2.04. The van der Waals surface area contributed by atoms with Gasteiger partial charge in [-0.15, -0.1) is 0 Å². The summed E-state index contributed by atoms with van der Waals surface area (Å²) in [7, 11) is -3.63. The Labute approximate surface area is 148 Å². The van der Waals surface area contributed by atoms with Gasteiger partial charge in [0.15, 0.2) is 0 Å². The zero-order valence-electron chi connectivity index (χ0n) is 14.4. The van der Waals surface area contributed by atoms with Gasteiger partial charge in [0, 0.05) is 12.2 Å². The zero-order chi connectivity index (χ0) is 18.4. The Morgan fingerprint density at radius 2 is 1.52 bits per heavy atom. The van der Waals surface area contributed by atoms with Crippen molar-refractivity contribution in [2.45, 2.75) is 31.8 Å².